The van der Waals surface area contributed by atoms with E-state index in [1.165, 1.54) is 0 Å². The summed E-state index contributed by atoms with van der Waals surface area (Å²) in [6, 6.07) is 8.35. The van der Waals surface area contributed by atoms with Crippen molar-refractivity contribution in [3.8, 4) is 0 Å². The fourth-order valence-corrected chi connectivity index (χ4v) is 8.69. The lowest BCUT2D eigenvalue weighted by molar-refractivity contribution is -0.319. The predicted molar refractivity (Wildman–Crippen MR) is 172 cm³/mol. The zero-order chi connectivity index (χ0) is 34.3. The van der Waals surface area contributed by atoms with Crippen molar-refractivity contribution in [2.45, 2.75) is 120 Å². The molecule has 0 aromatic heterocycles. The van der Waals surface area contributed by atoms with Crippen LogP contribution >= 0.6 is 0 Å². The zero-order valence-electron chi connectivity index (χ0n) is 27.9. The van der Waals surface area contributed by atoms with Crippen LogP contribution in [-0.4, -0.2) is 108 Å². The van der Waals surface area contributed by atoms with Crippen LogP contribution in [0.2, 0.25) is 0 Å². The SMILES string of the molecule is C=CCOC[C@H]1O[C@H](O[C@@H]2[C@@H](O)[C@H](O)[C@H]3OC4(C[C@H]5CC[C@]4(C)C5(C)C)O[C@H]3[C@H]2O)[C@H](N=[N+]=[N-])[C@@H](OCc2ccccc2)[C@@H]1OCC=C. The van der Waals surface area contributed by atoms with E-state index in [0.29, 0.717) is 12.3 Å². The maximum absolute atomic E-state index is 11.8. The van der Waals surface area contributed by atoms with Gasteiger partial charge in [-0.2, -0.15) is 0 Å². The molecule has 3 aliphatic carbocycles. The van der Waals surface area contributed by atoms with E-state index in [0.717, 1.165) is 18.4 Å². The Labute approximate surface area is 281 Å². The summed E-state index contributed by atoms with van der Waals surface area (Å²) in [6.45, 7) is 14.6. The van der Waals surface area contributed by atoms with Crippen LogP contribution in [0.1, 0.15) is 45.6 Å². The maximum atomic E-state index is 11.8. The number of rotatable bonds is 13. The highest BCUT2D eigenvalue weighted by Crippen LogP contribution is 2.73. The standard InChI is InChI=1S/C35H49N3O10/c1-6-15-42-19-22-27(43-16-7-2)28(44-18-20-11-9-8-10-12-20)23(37-38-36)32(45-22)46-29-24(39)25(40)30-31(26(29)41)48-35(47-30)17-21-13-14-34(35,5)33(21,3)4/h6-12,21-32,39-41H,1-2,13-19H2,3-5H3/t21-,22-,23-,24+,25+,26+,27-,28-,29-,30-,31+,32-,34-,35?/m1/s1. The molecule has 14 atom stereocenters. The highest BCUT2D eigenvalue weighted by molar-refractivity contribution is 5.19. The van der Waals surface area contributed by atoms with E-state index in [1.807, 2.05) is 30.3 Å². The molecule has 5 aliphatic rings. The average molecular weight is 672 g/mol. The third kappa shape index (κ3) is 5.92. The van der Waals surface area contributed by atoms with Crippen molar-refractivity contribution in [1.29, 1.82) is 0 Å². The number of azide groups is 1. The molecule has 5 fully saturated rings. The smallest absolute Gasteiger partial charge is 0.175 e. The van der Waals surface area contributed by atoms with Gasteiger partial charge in [0, 0.05) is 16.7 Å². The topological polar surface area (TPSA) is 174 Å². The summed E-state index contributed by atoms with van der Waals surface area (Å²) >= 11 is 0. The lowest BCUT2D eigenvalue weighted by Gasteiger charge is -2.48. The molecule has 3 N–H and O–H groups in total. The molecule has 13 heteroatoms. The Bertz CT molecular complexity index is 1340. The number of nitrogens with zero attached hydrogens (tertiary/aromatic N) is 3. The van der Waals surface area contributed by atoms with Gasteiger partial charge in [-0.15, -0.1) is 13.2 Å². The fraction of sp³-hybridized carbons (Fsp3) is 0.714. The highest BCUT2D eigenvalue weighted by atomic mass is 16.8. The van der Waals surface area contributed by atoms with Gasteiger partial charge < -0.3 is 48.5 Å². The van der Waals surface area contributed by atoms with Crippen molar-refractivity contribution in [3.05, 3.63) is 71.6 Å². The molecule has 2 aliphatic heterocycles. The van der Waals surface area contributed by atoms with Gasteiger partial charge in [-0.05, 0) is 35.3 Å². The average Bonchev–Trinajstić information content (AvgIpc) is 3.62. The summed E-state index contributed by atoms with van der Waals surface area (Å²) in [5.74, 6) is -0.654. The second kappa shape index (κ2) is 14.1. The number of fused-ring (bicyclic) bond motifs is 4. The molecule has 6 rings (SSSR count). The van der Waals surface area contributed by atoms with Crippen molar-refractivity contribution in [2.24, 2.45) is 21.9 Å². The van der Waals surface area contributed by atoms with Crippen LogP contribution in [0.5, 0.6) is 0 Å². The molecular formula is C35H49N3O10. The molecular weight excluding hydrogens is 622 g/mol. The summed E-state index contributed by atoms with van der Waals surface area (Å²) in [5.41, 5.74) is 10.1. The van der Waals surface area contributed by atoms with E-state index in [-0.39, 0.29) is 37.3 Å². The monoisotopic (exact) mass is 671 g/mol. The number of benzene rings is 1. The van der Waals surface area contributed by atoms with Crippen molar-refractivity contribution in [3.63, 3.8) is 0 Å². The number of aliphatic hydroxyl groups is 3. The van der Waals surface area contributed by atoms with Crippen molar-refractivity contribution >= 4 is 0 Å². The van der Waals surface area contributed by atoms with Gasteiger partial charge in [0.2, 0.25) is 0 Å². The number of hydrogen-bond donors (Lipinski definition) is 3. The molecule has 2 saturated heterocycles. The third-order valence-electron chi connectivity index (χ3n) is 11.8. The van der Waals surface area contributed by atoms with E-state index in [9.17, 15) is 20.9 Å². The van der Waals surface area contributed by atoms with Gasteiger partial charge in [0.05, 0.1) is 26.4 Å². The Hall–Kier alpha value is -2.39. The molecule has 0 radical (unpaired) electrons. The summed E-state index contributed by atoms with van der Waals surface area (Å²) < 4.78 is 44.1. The minimum absolute atomic E-state index is 0.0416. The molecule has 2 heterocycles. The molecule has 48 heavy (non-hydrogen) atoms. The van der Waals surface area contributed by atoms with Gasteiger partial charge in [-0.25, -0.2) is 0 Å². The van der Waals surface area contributed by atoms with Gasteiger partial charge in [0.15, 0.2) is 12.1 Å². The first-order valence-corrected chi connectivity index (χ1v) is 16.8. The van der Waals surface area contributed by atoms with E-state index in [2.05, 4.69) is 44.0 Å². The Balaban J connectivity index is 1.28. The molecule has 264 valence electrons. The first-order chi connectivity index (χ1) is 23.0. The number of hydrogen-bond acceptors (Lipinski definition) is 11. The van der Waals surface area contributed by atoms with Gasteiger partial charge in [-0.1, -0.05) is 68.4 Å². The first-order valence-electron chi connectivity index (χ1n) is 16.8. The molecule has 1 spiro atoms. The molecule has 1 aromatic carbocycles. The van der Waals surface area contributed by atoms with Crippen LogP contribution in [-0.2, 0) is 39.8 Å². The van der Waals surface area contributed by atoms with Gasteiger partial charge >= 0.3 is 0 Å². The van der Waals surface area contributed by atoms with Crippen LogP contribution in [0.25, 0.3) is 10.4 Å². The highest BCUT2D eigenvalue weighted by Gasteiger charge is 2.75. The molecule has 2 bridgehead atoms. The summed E-state index contributed by atoms with van der Waals surface area (Å²) in [7, 11) is 0. The lowest BCUT2D eigenvalue weighted by Crippen LogP contribution is -2.66. The minimum Gasteiger partial charge on any atom is -0.387 e. The minimum atomic E-state index is -1.58. The van der Waals surface area contributed by atoms with Crippen LogP contribution < -0.4 is 0 Å². The van der Waals surface area contributed by atoms with E-state index < -0.39 is 73.1 Å². The molecule has 13 nitrogen and oxygen atoms in total. The van der Waals surface area contributed by atoms with Crippen LogP contribution in [0.4, 0.5) is 0 Å². The second-order valence-corrected chi connectivity index (χ2v) is 14.4. The largest absolute Gasteiger partial charge is 0.387 e. The number of ether oxygens (including phenoxy) is 7. The Morgan fingerprint density at radius 3 is 2.29 bits per heavy atom. The van der Waals surface area contributed by atoms with Gasteiger partial charge in [0.25, 0.3) is 0 Å². The fourth-order valence-electron chi connectivity index (χ4n) is 8.69. The quantitative estimate of drug-likeness (QED) is 0.0925. The second-order valence-electron chi connectivity index (χ2n) is 14.4. The Kier molecular flexibility index (Phi) is 10.4. The Morgan fingerprint density at radius 2 is 1.67 bits per heavy atom. The van der Waals surface area contributed by atoms with Crippen LogP contribution in [0.15, 0.2) is 60.8 Å². The van der Waals surface area contributed by atoms with Crippen LogP contribution in [0.3, 0.4) is 0 Å². The lowest BCUT2D eigenvalue weighted by atomic mass is 9.68. The third-order valence-corrected chi connectivity index (χ3v) is 11.8. The van der Waals surface area contributed by atoms with Crippen molar-refractivity contribution in [1.82, 2.24) is 0 Å². The summed E-state index contributed by atoms with van der Waals surface area (Å²) in [6.07, 6.45) is -5.83. The van der Waals surface area contributed by atoms with E-state index in [4.69, 9.17) is 33.2 Å². The number of aliphatic hydroxyl groups excluding tert-OH is 3. The van der Waals surface area contributed by atoms with Gasteiger partial charge in [-0.3, -0.25) is 0 Å². The predicted octanol–water partition coefficient (Wildman–Crippen LogP) is 3.56. The van der Waals surface area contributed by atoms with Crippen LogP contribution in [0, 0.1) is 16.7 Å². The van der Waals surface area contributed by atoms with Crippen molar-refractivity contribution < 1.29 is 48.5 Å². The molecule has 0 amide bonds. The van der Waals surface area contributed by atoms with Crippen molar-refractivity contribution in [2.75, 3.05) is 19.8 Å². The summed E-state index contributed by atoms with van der Waals surface area (Å²) in [5, 5.41) is 38.6. The normalized spacial score (nSPS) is 44.3. The molecule has 3 saturated carbocycles. The van der Waals surface area contributed by atoms with Gasteiger partial charge in [0.1, 0.15) is 61.0 Å². The zero-order valence-corrected chi connectivity index (χ0v) is 27.9. The maximum Gasteiger partial charge on any atom is 0.175 e. The molecule has 1 aromatic rings. The Morgan fingerprint density at radius 1 is 0.958 bits per heavy atom. The van der Waals surface area contributed by atoms with E-state index in [1.54, 1.807) is 12.2 Å². The van der Waals surface area contributed by atoms with E-state index >= 15 is 0 Å². The molecule has 1 unspecified atom stereocenters. The first kappa shape index (κ1) is 35.4. The summed E-state index contributed by atoms with van der Waals surface area (Å²) in [4.78, 5) is 3.07.